The average Bonchev–Trinajstić information content (AvgIpc) is 2.97. The van der Waals surface area contributed by atoms with Crippen LogP contribution in [0.25, 0.3) is 16.6 Å². The van der Waals surface area contributed by atoms with Crippen LogP contribution >= 0.6 is 35.0 Å². The molecule has 0 spiro atoms. The number of pyridine rings is 1. The van der Waals surface area contributed by atoms with Gasteiger partial charge in [-0.05, 0) is 48.7 Å². The number of hydrogen-bond donors (Lipinski definition) is 0. The average molecular weight is 406 g/mol. The summed E-state index contributed by atoms with van der Waals surface area (Å²) in [6.07, 6.45) is 1.72. The van der Waals surface area contributed by atoms with Gasteiger partial charge in [0.05, 0.1) is 10.0 Å². The molecular weight excluding hydrogens is 393 g/mol. The van der Waals surface area contributed by atoms with Gasteiger partial charge in [0, 0.05) is 23.4 Å². The Labute approximate surface area is 162 Å². The molecule has 8 heteroatoms. The molecule has 0 unspecified atom stereocenters. The van der Waals surface area contributed by atoms with Crippen LogP contribution in [0.4, 0.5) is 0 Å². The molecule has 0 saturated heterocycles. The van der Waals surface area contributed by atoms with Gasteiger partial charge < -0.3 is 4.42 Å². The Morgan fingerprint density at radius 1 is 1.12 bits per heavy atom. The maximum absolute atomic E-state index is 11.9. The molecule has 0 bridgehead atoms. The zero-order valence-corrected chi connectivity index (χ0v) is 16.2. The van der Waals surface area contributed by atoms with Crippen LogP contribution in [-0.4, -0.2) is 14.6 Å². The molecule has 0 N–H and O–H groups in total. The number of benzene rings is 1. The molecule has 0 amide bonds. The maximum Gasteiger partial charge on any atom is 0.336 e. The first-order valence-corrected chi connectivity index (χ1v) is 9.53. The summed E-state index contributed by atoms with van der Waals surface area (Å²) in [5.74, 6) is 0.537. The number of halogens is 2. The van der Waals surface area contributed by atoms with Crippen molar-refractivity contribution in [3.63, 3.8) is 0 Å². The largest absolute Gasteiger partial charge is 0.423 e. The summed E-state index contributed by atoms with van der Waals surface area (Å²) in [4.78, 5) is 11.9. The second-order valence-corrected chi connectivity index (χ2v) is 7.78. The molecule has 3 heterocycles. The second-order valence-electron chi connectivity index (χ2n) is 5.99. The zero-order valence-electron chi connectivity index (χ0n) is 13.9. The molecule has 0 saturated carbocycles. The van der Waals surface area contributed by atoms with Gasteiger partial charge in [0.2, 0.25) is 0 Å². The predicted molar refractivity (Wildman–Crippen MR) is 105 cm³/mol. The van der Waals surface area contributed by atoms with Gasteiger partial charge in [0.1, 0.15) is 5.58 Å². The summed E-state index contributed by atoms with van der Waals surface area (Å²) in [5, 5.41) is 10.8. The highest BCUT2D eigenvalue weighted by Crippen LogP contribution is 2.29. The molecule has 4 rings (SSSR count). The van der Waals surface area contributed by atoms with E-state index in [4.69, 9.17) is 27.6 Å². The quantitative estimate of drug-likeness (QED) is 0.352. The molecule has 0 aliphatic heterocycles. The number of nitrogens with zero attached hydrogens (tertiary/aromatic N) is 3. The van der Waals surface area contributed by atoms with E-state index in [2.05, 4.69) is 10.2 Å². The van der Waals surface area contributed by atoms with Gasteiger partial charge in [-0.3, -0.25) is 4.40 Å². The summed E-state index contributed by atoms with van der Waals surface area (Å²) >= 11 is 13.7. The number of aromatic nitrogens is 3. The van der Waals surface area contributed by atoms with E-state index in [-0.39, 0.29) is 5.63 Å². The highest BCUT2D eigenvalue weighted by Gasteiger charge is 2.13. The van der Waals surface area contributed by atoms with Crippen molar-refractivity contribution in [1.29, 1.82) is 0 Å². The van der Waals surface area contributed by atoms with E-state index in [0.717, 1.165) is 22.1 Å². The third-order valence-electron chi connectivity index (χ3n) is 4.20. The van der Waals surface area contributed by atoms with Gasteiger partial charge in [0.15, 0.2) is 10.8 Å². The van der Waals surface area contributed by atoms with E-state index in [9.17, 15) is 4.79 Å². The van der Waals surface area contributed by atoms with Crippen LogP contribution in [0.3, 0.4) is 0 Å². The smallest absolute Gasteiger partial charge is 0.336 e. The first-order chi connectivity index (χ1) is 12.4. The summed E-state index contributed by atoms with van der Waals surface area (Å²) in [5.41, 5.74) is 3.88. The van der Waals surface area contributed by atoms with Crippen LogP contribution in [-0.2, 0) is 5.75 Å². The first-order valence-electron chi connectivity index (χ1n) is 7.79. The highest BCUT2D eigenvalue weighted by atomic mass is 35.5. The normalized spacial score (nSPS) is 11.5. The lowest BCUT2D eigenvalue weighted by atomic mass is 10.0. The minimum atomic E-state index is -0.367. The van der Waals surface area contributed by atoms with Crippen LogP contribution in [0.1, 0.15) is 16.7 Å². The molecule has 0 fully saturated rings. The number of aryl methyl sites for hydroxylation is 2. The molecule has 0 atom stereocenters. The Morgan fingerprint density at radius 3 is 2.69 bits per heavy atom. The molecule has 0 aliphatic rings. The van der Waals surface area contributed by atoms with Crippen LogP contribution in [0.2, 0.25) is 10.0 Å². The van der Waals surface area contributed by atoms with E-state index in [1.807, 2.05) is 26.0 Å². The summed E-state index contributed by atoms with van der Waals surface area (Å²) < 4.78 is 7.09. The maximum atomic E-state index is 11.9. The van der Waals surface area contributed by atoms with E-state index in [1.54, 1.807) is 16.7 Å². The van der Waals surface area contributed by atoms with Gasteiger partial charge in [-0.1, -0.05) is 35.0 Å². The number of hydrogen-bond acceptors (Lipinski definition) is 5. The first kappa shape index (κ1) is 17.4. The summed E-state index contributed by atoms with van der Waals surface area (Å²) in [6, 6.07) is 7.08. The molecule has 3 aromatic heterocycles. The van der Waals surface area contributed by atoms with Crippen LogP contribution in [0.15, 0.2) is 44.8 Å². The Kier molecular flexibility index (Phi) is 4.42. The Balaban J connectivity index is 1.75. The minimum Gasteiger partial charge on any atom is -0.423 e. The van der Waals surface area contributed by atoms with Crippen molar-refractivity contribution in [2.75, 3.05) is 0 Å². The third-order valence-corrected chi connectivity index (χ3v) is 5.67. The fraction of sp³-hybridized carbons (Fsp3) is 0.167. The molecule has 0 radical (unpaired) electrons. The SMILES string of the molecule is Cc1cc2oc(=O)cc(CSc3nnc4c(Cl)cc(Cl)cn34)c2cc1C. The minimum absolute atomic E-state index is 0.367. The van der Waals surface area contributed by atoms with E-state index >= 15 is 0 Å². The van der Waals surface area contributed by atoms with Crippen LogP contribution in [0, 0.1) is 13.8 Å². The third kappa shape index (κ3) is 3.09. The second kappa shape index (κ2) is 6.61. The molecule has 0 aliphatic carbocycles. The predicted octanol–water partition coefficient (Wildman–Crippen LogP) is 5.05. The monoisotopic (exact) mass is 405 g/mol. The Bertz CT molecular complexity index is 1220. The van der Waals surface area contributed by atoms with Gasteiger partial charge >= 0.3 is 5.63 Å². The van der Waals surface area contributed by atoms with Gasteiger partial charge in [0.25, 0.3) is 0 Å². The van der Waals surface area contributed by atoms with Gasteiger partial charge in [-0.15, -0.1) is 10.2 Å². The summed E-state index contributed by atoms with van der Waals surface area (Å²) in [7, 11) is 0. The standard InChI is InChI=1S/C18H13Cl2N3O2S/c1-9-3-13-11(5-16(24)25-15(13)4-10(9)2)8-26-18-22-21-17-14(20)6-12(19)7-23(17)18/h3-7H,8H2,1-2H3. The van der Waals surface area contributed by atoms with Crippen molar-refractivity contribution < 1.29 is 4.42 Å². The fourth-order valence-corrected chi connectivity index (χ4v) is 4.15. The van der Waals surface area contributed by atoms with Crippen molar-refractivity contribution in [3.8, 4) is 0 Å². The molecule has 4 aromatic rings. The number of fused-ring (bicyclic) bond motifs is 2. The van der Waals surface area contributed by atoms with Crippen LogP contribution < -0.4 is 5.63 Å². The Morgan fingerprint density at radius 2 is 1.88 bits per heavy atom. The molecule has 5 nitrogen and oxygen atoms in total. The fourth-order valence-electron chi connectivity index (χ4n) is 2.75. The molecule has 26 heavy (non-hydrogen) atoms. The van der Waals surface area contributed by atoms with E-state index in [1.165, 1.54) is 17.8 Å². The van der Waals surface area contributed by atoms with Gasteiger partial charge in [-0.2, -0.15) is 0 Å². The number of rotatable bonds is 3. The molecular formula is C18H13Cl2N3O2S. The lowest BCUT2D eigenvalue weighted by molar-refractivity contribution is 0.559. The Hall–Kier alpha value is -2.02. The van der Waals surface area contributed by atoms with E-state index in [0.29, 0.717) is 32.2 Å². The van der Waals surface area contributed by atoms with Crippen molar-refractivity contribution in [2.24, 2.45) is 0 Å². The summed E-state index contributed by atoms with van der Waals surface area (Å²) in [6.45, 7) is 4.03. The van der Waals surface area contributed by atoms with Crippen molar-refractivity contribution >= 4 is 51.6 Å². The lowest BCUT2D eigenvalue weighted by Crippen LogP contribution is -2.01. The topological polar surface area (TPSA) is 60.4 Å². The van der Waals surface area contributed by atoms with Crippen molar-refractivity contribution in [2.45, 2.75) is 24.8 Å². The molecule has 132 valence electrons. The number of thioether (sulfide) groups is 1. The van der Waals surface area contributed by atoms with Crippen LogP contribution in [0.5, 0.6) is 0 Å². The zero-order chi connectivity index (χ0) is 18.4. The molecule has 1 aromatic carbocycles. The van der Waals surface area contributed by atoms with Crippen molar-refractivity contribution in [1.82, 2.24) is 14.6 Å². The van der Waals surface area contributed by atoms with Gasteiger partial charge in [-0.25, -0.2) is 4.79 Å². The lowest BCUT2D eigenvalue weighted by Gasteiger charge is -2.08. The highest BCUT2D eigenvalue weighted by molar-refractivity contribution is 7.98. The van der Waals surface area contributed by atoms with Crippen molar-refractivity contribution in [3.05, 3.63) is 67.6 Å². The van der Waals surface area contributed by atoms with E-state index < -0.39 is 0 Å².